The molecule has 0 aliphatic rings. The van der Waals surface area contributed by atoms with Crippen LogP contribution in [0.25, 0.3) is 0 Å². The molecule has 3 N–H and O–H groups in total. The van der Waals surface area contributed by atoms with E-state index in [0.717, 1.165) is 6.07 Å². The SMILES string of the molecule is O=C(NCC(O)C(=O)O)c1cc(F)cc(Br)c1. The molecule has 1 aromatic carbocycles. The number of aliphatic carboxylic acids is 1. The second kappa shape index (κ2) is 5.74. The number of amides is 1. The maximum absolute atomic E-state index is 13.0. The Balaban J connectivity index is 2.67. The van der Waals surface area contributed by atoms with Crippen molar-refractivity contribution in [3.8, 4) is 0 Å². The van der Waals surface area contributed by atoms with Gasteiger partial charge in [0.25, 0.3) is 5.91 Å². The highest BCUT2D eigenvalue weighted by molar-refractivity contribution is 9.10. The van der Waals surface area contributed by atoms with Crippen LogP contribution >= 0.6 is 15.9 Å². The predicted octanol–water partition coefficient (Wildman–Crippen LogP) is 0.764. The van der Waals surface area contributed by atoms with Crippen LogP contribution in [0.5, 0.6) is 0 Å². The zero-order valence-corrected chi connectivity index (χ0v) is 10.1. The summed E-state index contributed by atoms with van der Waals surface area (Å²) in [5, 5.41) is 19.5. The van der Waals surface area contributed by atoms with Gasteiger partial charge in [0.1, 0.15) is 5.82 Å². The molecule has 1 unspecified atom stereocenters. The topological polar surface area (TPSA) is 86.6 Å². The summed E-state index contributed by atoms with van der Waals surface area (Å²) < 4.78 is 13.4. The largest absolute Gasteiger partial charge is 0.479 e. The van der Waals surface area contributed by atoms with E-state index in [1.54, 1.807) is 0 Å². The average molecular weight is 306 g/mol. The highest BCUT2D eigenvalue weighted by Gasteiger charge is 2.15. The minimum absolute atomic E-state index is 0.0365. The Morgan fingerprint density at radius 3 is 2.59 bits per heavy atom. The lowest BCUT2D eigenvalue weighted by atomic mass is 10.2. The third-order valence-corrected chi connectivity index (χ3v) is 2.32. The highest BCUT2D eigenvalue weighted by atomic mass is 79.9. The van der Waals surface area contributed by atoms with E-state index in [0.29, 0.717) is 4.47 Å². The lowest BCUT2D eigenvalue weighted by molar-refractivity contribution is -0.146. The van der Waals surface area contributed by atoms with Crippen LogP contribution in [0.1, 0.15) is 10.4 Å². The molecule has 17 heavy (non-hydrogen) atoms. The van der Waals surface area contributed by atoms with Crippen LogP contribution < -0.4 is 5.32 Å². The van der Waals surface area contributed by atoms with Gasteiger partial charge in [0, 0.05) is 10.0 Å². The van der Waals surface area contributed by atoms with Gasteiger partial charge in [-0.25, -0.2) is 9.18 Å². The summed E-state index contributed by atoms with van der Waals surface area (Å²) in [6.45, 7) is -0.442. The van der Waals surface area contributed by atoms with Crippen molar-refractivity contribution in [2.24, 2.45) is 0 Å². The lowest BCUT2D eigenvalue weighted by Gasteiger charge is -2.08. The van der Waals surface area contributed by atoms with Crippen molar-refractivity contribution in [1.82, 2.24) is 5.32 Å². The number of hydrogen-bond donors (Lipinski definition) is 3. The van der Waals surface area contributed by atoms with Crippen molar-refractivity contribution >= 4 is 27.8 Å². The van der Waals surface area contributed by atoms with Crippen molar-refractivity contribution in [2.45, 2.75) is 6.10 Å². The molecule has 92 valence electrons. The molecule has 0 aromatic heterocycles. The number of nitrogens with one attached hydrogen (secondary N) is 1. The van der Waals surface area contributed by atoms with Gasteiger partial charge in [0.2, 0.25) is 0 Å². The van der Waals surface area contributed by atoms with E-state index in [1.807, 2.05) is 0 Å². The molecule has 5 nitrogen and oxygen atoms in total. The smallest absolute Gasteiger partial charge is 0.334 e. The summed E-state index contributed by atoms with van der Waals surface area (Å²) in [7, 11) is 0. The number of halogens is 2. The van der Waals surface area contributed by atoms with E-state index in [-0.39, 0.29) is 5.56 Å². The third kappa shape index (κ3) is 4.12. The normalized spacial score (nSPS) is 11.9. The van der Waals surface area contributed by atoms with Gasteiger partial charge in [0.15, 0.2) is 6.10 Å². The Kier molecular flexibility index (Phi) is 4.59. The summed E-state index contributed by atoms with van der Waals surface area (Å²) >= 11 is 3.02. The molecule has 0 aliphatic heterocycles. The van der Waals surface area contributed by atoms with Crippen LogP contribution in [0.15, 0.2) is 22.7 Å². The molecule has 0 spiro atoms. The number of aliphatic hydroxyl groups is 1. The van der Waals surface area contributed by atoms with Gasteiger partial charge in [0.05, 0.1) is 6.54 Å². The van der Waals surface area contributed by atoms with Gasteiger partial charge < -0.3 is 15.5 Å². The van der Waals surface area contributed by atoms with E-state index < -0.39 is 30.3 Å². The lowest BCUT2D eigenvalue weighted by Crippen LogP contribution is -2.36. The monoisotopic (exact) mass is 305 g/mol. The highest BCUT2D eigenvalue weighted by Crippen LogP contribution is 2.14. The Hall–Kier alpha value is -1.47. The summed E-state index contributed by atoms with van der Waals surface area (Å²) in [4.78, 5) is 21.8. The molecule has 0 radical (unpaired) electrons. The molecular weight excluding hydrogens is 297 g/mol. The first-order valence-electron chi connectivity index (χ1n) is 4.55. The minimum Gasteiger partial charge on any atom is -0.479 e. The predicted molar refractivity (Wildman–Crippen MR) is 60.1 cm³/mol. The zero-order chi connectivity index (χ0) is 13.0. The molecule has 7 heteroatoms. The first kappa shape index (κ1) is 13.6. The summed E-state index contributed by atoms with van der Waals surface area (Å²) in [6.07, 6.45) is -1.68. The number of aliphatic hydroxyl groups excluding tert-OH is 1. The molecular formula is C10H9BrFNO4. The number of benzene rings is 1. The molecule has 1 aromatic rings. The molecule has 0 saturated heterocycles. The number of rotatable bonds is 4. The van der Waals surface area contributed by atoms with Crippen LogP contribution in [0, 0.1) is 5.82 Å². The van der Waals surface area contributed by atoms with Crippen molar-refractivity contribution in [2.75, 3.05) is 6.54 Å². The van der Waals surface area contributed by atoms with Crippen molar-refractivity contribution in [3.05, 3.63) is 34.1 Å². The van der Waals surface area contributed by atoms with Crippen LogP contribution in [0.4, 0.5) is 4.39 Å². The van der Waals surface area contributed by atoms with Crippen LogP contribution in [0.2, 0.25) is 0 Å². The molecule has 0 fully saturated rings. The van der Waals surface area contributed by atoms with Gasteiger partial charge in [-0.3, -0.25) is 4.79 Å². The Morgan fingerprint density at radius 2 is 2.06 bits per heavy atom. The van der Waals surface area contributed by atoms with Gasteiger partial charge >= 0.3 is 5.97 Å². The Morgan fingerprint density at radius 1 is 1.41 bits per heavy atom. The molecule has 1 atom stereocenters. The molecule has 0 aliphatic carbocycles. The summed E-state index contributed by atoms with van der Waals surface area (Å²) in [6, 6.07) is 3.57. The second-order valence-electron chi connectivity index (χ2n) is 3.22. The van der Waals surface area contributed by atoms with Crippen LogP contribution in [0.3, 0.4) is 0 Å². The van der Waals surface area contributed by atoms with Gasteiger partial charge in [-0.1, -0.05) is 15.9 Å². The first-order chi connectivity index (χ1) is 7.90. The third-order valence-electron chi connectivity index (χ3n) is 1.87. The van der Waals surface area contributed by atoms with Crippen LogP contribution in [-0.2, 0) is 4.79 Å². The van der Waals surface area contributed by atoms with E-state index in [1.165, 1.54) is 12.1 Å². The van der Waals surface area contributed by atoms with Gasteiger partial charge in [-0.05, 0) is 18.2 Å². The van der Waals surface area contributed by atoms with Gasteiger partial charge in [-0.15, -0.1) is 0 Å². The fourth-order valence-electron chi connectivity index (χ4n) is 1.06. The van der Waals surface area contributed by atoms with Crippen molar-refractivity contribution in [1.29, 1.82) is 0 Å². The molecule has 1 rings (SSSR count). The van der Waals surface area contributed by atoms with Crippen molar-refractivity contribution in [3.63, 3.8) is 0 Å². The number of hydrogen-bond acceptors (Lipinski definition) is 3. The van der Waals surface area contributed by atoms with Crippen LogP contribution in [-0.4, -0.2) is 34.7 Å². The first-order valence-corrected chi connectivity index (χ1v) is 5.34. The molecule has 0 bridgehead atoms. The standard InChI is InChI=1S/C10H9BrFNO4/c11-6-1-5(2-7(12)3-6)9(15)13-4-8(14)10(16)17/h1-3,8,14H,4H2,(H,13,15)(H,16,17). The second-order valence-corrected chi connectivity index (χ2v) is 4.14. The van der Waals surface area contributed by atoms with Crippen molar-refractivity contribution < 1.29 is 24.2 Å². The summed E-state index contributed by atoms with van der Waals surface area (Å²) in [5.74, 6) is -2.69. The van der Waals surface area contributed by atoms with E-state index in [2.05, 4.69) is 21.2 Å². The maximum atomic E-state index is 13.0. The molecule has 0 saturated carbocycles. The molecule has 1 amide bonds. The maximum Gasteiger partial charge on any atom is 0.334 e. The fourth-order valence-corrected chi connectivity index (χ4v) is 1.53. The van der Waals surface area contributed by atoms with E-state index >= 15 is 0 Å². The quantitative estimate of drug-likeness (QED) is 0.766. The molecule has 0 heterocycles. The average Bonchev–Trinajstić information content (AvgIpc) is 2.23. The van der Waals surface area contributed by atoms with E-state index in [9.17, 15) is 14.0 Å². The number of carbonyl (C=O) groups excluding carboxylic acids is 1. The number of carbonyl (C=O) groups is 2. The zero-order valence-electron chi connectivity index (χ0n) is 8.48. The fraction of sp³-hybridized carbons (Fsp3) is 0.200. The number of carboxylic acid groups (broad SMARTS) is 1. The van der Waals surface area contributed by atoms with Gasteiger partial charge in [-0.2, -0.15) is 0 Å². The number of carboxylic acids is 1. The van der Waals surface area contributed by atoms with E-state index in [4.69, 9.17) is 10.2 Å². The summed E-state index contributed by atoms with van der Waals surface area (Å²) in [5.41, 5.74) is 0.0365. The Bertz CT molecular complexity index is 432. The minimum atomic E-state index is -1.68. The Labute approximate surface area is 104 Å².